The summed E-state index contributed by atoms with van der Waals surface area (Å²) in [5, 5.41) is 12.6. The Morgan fingerprint density at radius 1 is 1.48 bits per heavy atom. The van der Waals surface area contributed by atoms with E-state index in [-0.39, 0.29) is 11.9 Å². The van der Waals surface area contributed by atoms with Crippen molar-refractivity contribution in [1.82, 2.24) is 15.3 Å². The van der Waals surface area contributed by atoms with E-state index in [0.29, 0.717) is 32.5 Å². The van der Waals surface area contributed by atoms with Crippen molar-refractivity contribution in [2.24, 2.45) is 0 Å². The second kappa shape index (κ2) is 6.24. The summed E-state index contributed by atoms with van der Waals surface area (Å²) in [4.78, 5) is 19.6. The molecule has 6 heteroatoms. The second-order valence-corrected chi connectivity index (χ2v) is 5.31. The van der Waals surface area contributed by atoms with Gasteiger partial charge >= 0.3 is 0 Å². The highest BCUT2D eigenvalue weighted by atomic mass is 16.5. The molecule has 0 bridgehead atoms. The number of hydrogen-bond donors (Lipinski definition) is 3. The van der Waals surface area contributed by atoms with Crippen LogP contribution >= 0.6 is 0 Å². The lowest BCUT2D eigenvalue weighted by Crippen LogP contribution is -2.49. The standard InChI is InChI=1S/C15H19N3O3/c19-13-7-8-21-9-12(13)18-15(20)6-5-14-16-10-3-1-2-4-11(10)17-14/h1-4,12-13,19H,5-9H2,(H,16,17)(H,18,20)/t12-,13-/m1/s1. The summed E-state index contributed by atoms with van der Waals surface area (Å²) >= 11 is 0. The topological polar surface area (TPSA) is 87.2 Å². The van der Waals surface area contributed by atoms with Crippen LogP contribution in [0.5, 0.6) is 0 Å². The fourth-order valence-corrected chi connectivity index (χ4v) is 2.50. The molecule has 112 valence electrons. The van der Waals surface area contributed by atoms with E-state index in [9.17, 15) is 9.90 Å². The number of aromatic nitrogens is 2. The van der Waals surface area contributed by atoms with Crippen LogP contribution in [0.1, 0.15) is 18.7 Å². The van der Waals surface area contributed by atoms with Gasteiger partial charge in [-0.2, -0.15) is 0 Å². The largest absolute Gasteiger partial charge is 0.391 e. The Hall–Kier alpha value is -1.92. The van der Waals surface area contributed by atoms with Crippen LogP contribution in [0.15, 0.2) is 24.3 Å². The van der Waals surface area contributed by atoms with Crippen LogP contribution in [0.3, 0.4) is 0 Å². The van der Waals surface area contributed by atoms with Gasteiger partial charge in [0.05, 0.1) is 29.8 Å². The summed E-state index contributed by atoms with van der Waals surface area (Å²) in [6, 6.07) is 7.47. The minimum absolute atomic E-state index is 0.0926. The first-order valence-electron chi connectivity index (χ1n) is 7.21. The molecule has 0 unspecified atom stereocenters. The number of amides is 1. The number of ether oxygens (including phenoxy) is 1. The van der Waals surface area contributed by atoms with Crippen LogP contribution in [-0.4, -0.2) is 46.3 Å². The number of aromatic amines is 1. The first-order valence-corrected chi connectivity index (χ1v) is 7.21. The van der Waals surface area contributed by atoms with Gasteiger partial charge in [0.2, 0.25) is 5.91 Å². The van der Waals surface area contributed by atoms with Gasteiger partial charge in [-0.3, -0.25) is 4.79 Å². The van der Waals surface area contributed by atoms with E-state index in [1.807, 2.05) is 24.3 Å². The third kappa shape index (κ3) is 3.40. The van der Waals surface area contributed by atoms with Gasteiger partial charge < -0.3 is 20.1 Å². The van der Waals surface area contributed by atoms with Gasteiger partial charge in [-0.05, 0) is 18.6 Å². The Morgan fingerprint density at radius 3 is 3.14 bits per heavy atom. The number of benzene rings is 1. The number of fused-ring (bicyclic) bond motifs is 1. The summed E-state index contributed by atoms with van der Waals surface area (Å²) in [6.07, 6.45) is 0.927. The molecule has 1 aliphatic rings. The van der Waals surface area contributed by atoms with Gasteiger partial charge in [0, 0.05) is 19.4 Å². The zero-order valence-electron chi connectivity index (χ0n) is 11.7. The van der Waals surface area contributed by atoms with Crippen molar-refractivity contribution in [2.75, 3.05) is 13.2 Å². The Bertz CT molecular complexity index is 592. The van der Waals surface area contributed by atoms with E-state index in [1.54, 1.807) is 0 Å². The summed E-state index contributed by atoms with van der Waals surface area (Å²) in [7, 11) is 0. The van der Waals surface area contributed by atoms with Crippen LogP contribution in [0.25, 0.3) is 11.0 Å². The number of rotatable bonds is 4. The van der Waals surface area contributed by atoms with Gasteiger partial charge in [-0.25, -0.2) is 4.98 Å². The smallest absolute Gasteiger partial charge is 0.220 e. The number of nitrogens with zero attached hydrogens (tertiary/aromatic N) is 1. The summed E-state index contributed by atoms with van der Waals surface area (Å²) in [6.45, 7) is 0.921. The molecular formula is C15H19N3O3. The third-order valence-electron chi connectivity index (χ3n) is 3.69. The molecule has 0 spiro atoms. The van der Waals surface area contributed by atoms with Crippen LogP contribution in [0, 0.1) is 0 Å². The predicted octanol–water partition coefficient (Wildman–Crippen LogP) is 0.761. The number of aliphatic hydroxyl groups is 1. The highest BCUT2D eigenvalue weighted by molar-refractivity contribution is 5.77. The SMILES string of the molecule is O=C(CCc1nc2ccccc2[nH]1)N[C@@H]1COCC[C@H]1O. The molecule has 0 aliphatic carbocycles. The average molecular weight is 289 g/mol. The zero-order valence-corrected chi connectivity index (χ0v) is 11.7. The van der Waals surface area contributed by atoms with E-state index < -0.39 is 6.10 Å². The maximum Gasteiger partial charge on any atom is 0.220 e. The number of carbonyl (C=O) groups is 1. The molecule has 1 aromatic heterocycles. The van der Waals surface area contributed by atoms with E-state index in [0.717, 1.165) is 16.9 Å². The molecule has 1 amide bonds. The Kier molecular flexibility index (Phi) is 4.17. The number of nitrogens with one attached hydrogen (secondary N) is 2. The molecule has 1 aliphatic heterocycles. The molecule has 0 radical (unpaired) electrons. The molecular weight excluding hydrogens is 270 g/mol. The van der Waals surface area contributed by atoms with Crippen molar-refractivity contribution in [3.8, 4) is 0 Å². The Balaban J connectivity index is 1.53. The molecule has 21 heavy (non-hydrogen) atoms. The van der Waals surface area contributed by atoms with E-state index in [2.05, 4.69) is 15.3 Å². The second-order valence-electron chi connectivity index (χ2n) is 5.31. The fourth-order valence-electron chi connectivity index (χ4n) is 2.50. The first kappa shape index (κ1) is 14.0. The average Bonchev–Trinajstić information content (AvgIpc) is 2.90. The monoisotopic (exact) mass is 289 g/mol. The van der Waals surface area contributed by atoms with Crippen LogP contribution in [-0.2, 0) is 16.0 Å². The van der Waals surface area contributed by atoms with E-state index in [4.69, 9.17) is 4.74 Å². The molecule has 3 N–H and O–H groups in total. The summed E-state index contributed by atoms with van der Waals surface area (Å²) < 4.78 is 5.26. The minimum Gasteiger partial charge on any atom is -0.391 e. The number of aryl methyl sites for hydroxylation is 1. The number of carbonyl (C=O) groups excluding carboxylic acids is 1. The predicted molar refractivity (Wildman–Crippen MR) is 77.8 cm³/mol. The number of para-hydroxylation sites is 2. The number of hydrogen-bond acceptors (Lipinski definition) is 4. The molecule has 2 heterocycles. The van der Waals surface area contributed by atoms with Crippen LogP contribution in [0.2, 0.25) is 0 Å². The molecule has 0 saturated carbocycles. The van der Waals surface area contributed by atoms with Gasteiger partial charge in [-0.1, -0.05) is 12.1 Å². The minimum atomic E-state index is -0.520. The van der Waals surface area contributed by atoms with Crippen molar-refractivity contribution in [2.45, 2.75) is 31.4 Å². The molecule has 6 nitrogen and oxygen atoms in total. The van der Waals surface area contributed by atoms with Crippen molar-refractivity contribution in [1.29, 1.82) is 0 Å². The molecule has 1 saturated heterocycles. The number of aliphatic hydroxyl groups excluding tert-OH is 1. The van der Waals surface area contributed by atoms with Crippen molar-refractivity contribution >= 4 is 16.9 Å². The van der Waals surface area contributed by atoms with Crippen LogP contribution < -0.4 is 5.32 Å². The highest BCUT2D eigenvalue weighted by Crippen LogP contribution is 2.12. The fraction of sp³-hybridized carbons (Fsp3) is 0.467. The molecule has 2 aromatic rings. The van der Waals surface area contributed by atoms with E-state index >= 15 is 0 Å². The van der Waals surface area contributed by atoms with Crippen molar-refractivity contribution in [3.05, 3.63) is 30.1 Å². The quantitative estimate of drug-likeness (QED) is 0.775. The first-order chi connectivity index (χ1) is 10.2. The van der Waals surface area contributed by atoms with E-state index in [1.165, 1.54) is 0 Å². The van der Waals surface area contributed by atoms with Crippen molar-refractivity contribution in [3.63, 3.8) is 0 Å². The molecule has 1 fully saturated rings. The zero-order chi connectivity index (χ0) is 14.7. The number of imidazole rings is 1. The highest BCUT2D eigenvalue weighted by Gasteiger charge is 2.24. The Labute approximate surface area is 122 Å². The van der Waals surface area contributed by atoms with Crippen LogP contribution in [0.4, 0.5) is 0 Å². The Morgan fingerprint density at radius 2 is 2.33 bits per heavy atom. The third-order valence-corrected chi connectivity index (χ3v) is 3.69. The molecule has 2 atom stereocenters. The maximum absolute atomic E-state index is 11.9. The van der Waals surface area contributed by atoms with Crippen molar-refractivity contribution < 1.29 is 14.6 Å². The molecule has 3 rings (SSSR count). The van der Waals surface area contributed by atoms with Gasteiger partial charge in [0.15, 0.2) is 0 Å². The lowest BCUT2D eigenvalue weighted by Gasteiger charge is -2.28. The summed E-state index contributed by atoms with van der Waals surface area (Å²) in [5.41, 5.74) is 1.88. The lowest BCUT2D eigenvalue weighted by molar-refractivity contribution is -0.124. The summed E-state index contributed by atoms with van der Waals surface area (Å²) in [5.74, 6) is 0.705. The normalized spacial score (nSPS) is 22.3. The maximum atomic E-state index is 11.9. The number of H-pyrrole nitrogens is 1. The lowest BCUT2D eigenvalue weighted by atomic mass is 10.1. The molecule has 1 aromatic carbocycles. The van der Waals surface area contributed by atoms with Gasteiger partial charge in [0.1, 0.15) is 5.82 Å². The van der Waals surface area contributed by atoms with Gasteiger partial charge in [0.25, 0.3) is 0 Å². The van der Waals surface area contributed by atoms with Gasteiger partial charge in [-0.15, -0.1) is 0 Å².